The molecule has 4 unspecified atom stereocenters. The molecule has 3 aromatic carbocycles. The molecule has 0 spiro atoms. The van der Waals surface area contributed by atoms with Crippen LogP contribution in [0.3, 0.4) is 0 Å². The van der Waals surface area contributed by atoms with Gasteiger partial charge in [-0.3, -0.25) is 9.59 Å². The Balaban J connectivity index is 1.69. The maximum Gasteiger partial charge on any atom is 0.323 e. The number of amides is 3. The zero-order valence-electron chi connectivity index (χ0n) is 32.1. The average Bonchev–Trinajstić information content (AvgIpc) is 3.12. The fourth-order valence-electron chi connectivity index (χ4n) is 5.82. The molecule has 0 aromatic heterocycles. The van der Waals surface area contributed by atoms with E-state index in [1.807, 2.05) is 19.9 Å². The monoisotopic (exact) mass is 768 g/mol. The van der Waals surface area contributed by atoms with Crippen LogP contribution in [0.15, 0.2) is 77.7 Å². The Morgan fingerprint density at radius 3 is 2.33 bits per heavy atom. The smallest absolute Gasteiger partial charge is 0.323 e. The Morgan fingerprint density at radius 1 is 1.00 bits per heavy atom. The molecule has 12 nitrogen and oxygen atoms in total. The van der Waals surface area contributed by atoms with E-state index in [-0.39, 0.29) is 36.3 Å². The summed E-state index contributed by atoms with van der Waals surface area (Å²) in [6.45, 7) is 11.0. The van der Waals surface area contributed by atoms with Gasteiger partial charge in [-0.2, -0.15) is 4.31 Å². The number of sulfonamides is 1. The predicted molar refractivity (Wildman–Crippen MR) is 205 cm³/mol. The highest BCUT2D eigenvalue weighted by Crippen LogP contribution is 2.29. The van der Waals surface area contributed by atoms with Gasteiger partial charge in [0.25, 0.3) is 5.91 Å². The number of fused-ring (bicyclic) bond motifs is 1. The highest BCUT2D eigenvalue weighted by Gasteiger charge is 2.34. The van der Waals surface area contributed by atoms with E-state index >= 15 is 0 Å². The summed E-state index contributed by atoms with van der Waals surface area (Å²) < 4.78 is 60.2. The molecule has 0 saturated heterocycles. The zero-order valence-corrected chi connectivity index (χ0v) is 33.0. The first-order chi connectivity index (χ1) is 25.4. The summed E-state index contributed by atoms with van der Waals surface area (Å²) in [5, 5.41) is 5.57. The number of esters is 1. The molecule has 0 radical (unpaired) electrons. The fourth-order valence-corrected chi connectivity index (χ4v) is 7.00. The van der Waals surface area contributed by atoms with Crippen molar-refractivity contribution in [3.8, 4) is 5.75 Å². The van der Waals surface area contributed by atoms with Gasteiger partial charge in [0, 0.05) is 44.0 Å². The minimum atomic E-state index is -4.00. The molecule has 0 fully saturated rings. The van der Waals surface area contributed by atoms with E-state index < -0.39 is 57.2 Å². The van der Waals surface area contributed by atoms with Crippen molar-refractivity contribution in [3.63, 3.8) is 0 Å². The Morgan fingerprint density at radius 2 is 1.67 bits per heavy atom. The van der Waals surface area contributed by atoms with Crippen molar-refractivity contribution in [3.05, 3.63) is 84.2 Å². The minimum Gasteiger partial charge on any atom is -0.490 e. The number of carbonyl (C=O) groups is 3. The number of para-hydroxylation sites is 1. The summed E-state index contributed by atoms with van der Waals surface area (Å²) >= 11 is 0. The van der Waals surface area contributed by atoms with Gasteiger partial charge >= 0.3 is 12.0 Å². The van der Waals surface area contributed by atoms with Crippen molar-refractivity contribution in [1.29, 1.82) is 0 Å². The minimum absolute atomic E-state index is 0.0446. The summed E-state index contributed by atoms with van der Waals surface area (Å²) in [7, 11) is -2.56. The second kappa shape index (κ2) is 18.7. The van der Waals surface area contributed by atoms with Gasteiger partial charge in [0.2, 0.25) is 10.0 Å². The van der Waals surface area contributed by atoms with E-state index in [0.717, 1.165) is 18.6 Å². The SMILES string of the molecule is CC1CCCCOC(CN(C)S(=O)(=O)c2ccc(F)cc2)C(C)CN(C(C)COC(=O)C(C)(C)C)C(=O)c2cc(NC(=O)Nc3ccccc3)ccc2O1. The highest BCUT2D eigenvalue weighted by molar-refractivity contribution is 7.89. The van der Waals surface area contributed by atoms with Gasteiger partial charge in [-0.25, -0.2) is 17.6 Å². The van der Waals surface area contributed by atoms with Crippen molar-refractivity contribution in [2.45, 2.75) is 84.0 Å². The third-order valence-electron chi connectivity index (χ3n) is 9.10. The van der Waals surface area contributed by atoms with Gasteiger partial charge in [0.15, 0.2) is 0 Å². The quantitative estimate of drug-likeness (QED) is 0.218. The van der Waals surface area contributed by atoms with Crippen molar-refractivity contribution in [2.75, 3.05) is 44.0 Å². The summed E-state index contributed by atoms with van der Waals surface area (Å²) in [4.78, 5) is 42.0. The molecule has 3 aromatic rings. The van der Waals surface area contributed by atoms with Crippen LogP contribution in [0.1, 0.15) is 71.2 Å². The van der Waals surface area contributed by atoms with Crippen molar-refractivity contribution in [2.24, 2.45) is 11.3 Å². The second-order valence-electron chi connectivity index (χ2n) is 14.9. The lowest BCUT2D eigenvalue weighted by Crippen LogP contribution is -2.48. The van der Waals surface area contributed by atoms with E-state index in [9.17, 15) is 27.2 Å². The van der Waals surface area contributed by atoms with Crippen molar-refractivity contribution < 1.29 is 41.4 Å². The number of rotatable bonds is 9. The third kappa shape index (κ3) is 11.7. The molecule has 3 amide bonds. The topological polar surface area (TPSA) is 144 Å². The van der Waals surface area contributed by atoms with Gasteiger partial charge in [-0.15, -0.1) is 0 Å². The molecule has 1 aliphatic heterocycles. The van der Waals surface area contributed by atoms with Gasteiger partial charge in [-0.1, -0.05) is 25.1 Å². The fraction of sp³-hybridized carbons (Fsp3) is 0.475. The predicted octanol–water partition coefficient (Wildman–Crippen LogP) is 7.18. The molecule has 0 aliphatic carbocycles. The summed E-state index contributed by atoms with van der Waals surface area (Å²) in [5.41, 5.74) is 0.355. The number of carbonyl (C=O) groups excluding carboxylic acids is 3. The Labute approximate surface area is 318 Å². The van der Waals surface area contributed by atoms with Crippen LogP contribution in [-0.2, 0) is 24.3 Å². The molecule has 2 N–H and O–H groups in total. The van der Waals surface area contributed by atoms with Crippen LogP contribution >= 0.6 is 0 Å². The number of anilines is 2. The number of urea groups is 1. The van der Waals surface area contributed by atoms with E-state index in [0.29, 0.717) is 36.6 Å². The molecule has 1 aliphatic rings. The molecule has 294 valence electrons. The van der Waals surface area contributed by atoms with Crippen LogP contribution < -0.4 is 15.4 Å². The number of hydrogen-bond acceptors (Lipinski definition) is 8. The lowest BCUT2D eigenvalue weighted by Gasteiger charge is -2.36. The summed E-state index contributed by atoms with van der Waals surface area (Å²) in [6, 6.07) is 17.3. The van der Waals surface area contributed by atoms with Gasteiger partial charge in [0.1, 0.15) is 18.2 Å². The zero-order chi connectivity index (χ0) is 39.6. The normalized spacial score (nSPS) is 19.5. The van der Waals surface area contributed by atoms with Crippen LogP contribution in [0.5, 0.6) is 5.75 Å². The number of nitrogens with one attached hydrogen (secondary N) is 2. The van der Waals surface area contributed by atoms with Crippen molar-refractivity contribution in [1.82, 2.24) is 9.21 Å². The number of nitrogens with zero attached hydrogens (tertiary/aromatic N) is 2. The summed E-state index contributed by atoms with van der Waals surface area (Å²) in [6.07, 6.45) is 1.14. The Kier molecular flexibility index (Phi) is 14.6. The molecule has 1 heterocycles. The van der Waals surface area contributed by atoms with Crippen LogP contribution in [-0.4, -0.2) is 87.1 Å². The molecule has 14 heteroatoms. The number of halogens is 1. The maximum absolute atomic E-state index is 14.8. The lowest BCUT2D eigenvalue weighted by molar-refractivity contribution is -0.154. The molecule has 4 rings (SSSR count). The van der Waals surface area contributed by atoms with E-state index in [1.165, 1.54) is 23.5 Å². The number of ether oxygens (including phenoxy) is 3. The molecular formula is C40H53FN4O8S. The summed E-state index contributed by atoms with van der Waals surface area (Å²) in [5.74, 6) is -1.53. The molecule has 0 bridgehead atoms. The highest BCUT2D eigenvalue weighted by atomic mass is 32.2. The van der Waals surface area contributed by atoms with E-state index in [2.05, 4.69) is 10.6 Å². The largest absolute Gasteiger partial charge is 0.490 e. The van der Waals surface area contributed by atoms with E-state index in [1.54, 1.807) is 75.1 Å². The Hall–Kier alpha value is -4.53. The molecular weight excluding hydrogens is 716 g/mol. The standard InChI is InChI=1S/C40H53FN4O8S/c1-27-24-45(28(2)26-52-38(47)40(4,5)6)37(46)34-23-32(43-39(48)42-31-14-9-8-10-15-31)18-21-35(34)53-29(3)13-11-12-22-51-36(27)25-44(7)54(49,50)33-19-16-30(41)17-20-33/h8-10,14-21,23,27-29,36H,11-13,22,24-26H2,1-7H3,(H2,42,43,48). The number of likely N-dealkylation sites (N-methyl/N-ethyl adjacent to an activating group) is 1. The van der Waals surface area contributed by atoms with Gasteiger partial charge in [0.05, 0.1) is 34.1 Å². The first-order valence-electron chi connectivity index (χ1n) is 18.2. The number of benzene rings is 3. The average molecular weight is 769 g/mol. The molecule has 4 atom stereocenters. The van der Waals surface area contributed by atoms with Crippen LogP contribution in [0, 0.1) is 17.2 Å². The van der Waals surface area contributed by atoms with Crippen molar-refractivity contribution >= 4 is 39.3 Å². The second-order valence-corrected chi connectivity index (χ2v) is 16.9. The number of hydrogen-bond donors (Lipinski definition) is 2. The third-order valence-corrected chi connectivity index (χ3v) is 10.9. The molecule has 54 heavy (non-hydrogen) atoms. The first-order valence-corrected chi connectivity index (χ1v) is 19.6. The Bertz CT molecular complexity index is 1840. The van der Waals surface area contributed by atoms with Crippen LogP contribution in [0.25, 0.3) is 0 Å². The van der Waals surface area contributed by atoms with Gasteiger partial charge in [-0.05, 0) is 108 Å². The van der Waals surface area contributed by atoms with Crippen LogP contribution in [0.2, 0.25) is 0 Å². The maximum atomic E-state index is 14.8. The van der Waals surface area contributed by atoms with Crippen LogP contribution in [0.4, 0.5) is 20.6 Å². The first kappa shape index (κ1) is 42.2. The lowest BCUT2D eigenvalue weighted by atomic mass is 9.97. The molecule has 0 saturated carbocycles. The van der Waals surface area contributed by atoms with E-state index in [4.69, 9.17) is 14.2 Å². The van der Waals surface area contributed by atoms with Gasteiger partial charge < -0.3 is 29.7 Å².